The first-order valence-corrected chi connectivity index (χ1v) is 35.0. The Morgan fingerprint density at radius 1 is 0.663 bits per heavy atom. The number of aliphatic carboxylic acids is 2. The molecule has 4 rings (SSSR count). The molecule has 2 aliphatic rings. The van der Waals surface area contributed by atoms with Crippen molar-refractivity contribution in [1.29, 1.82) is 0 Å². The molecule has 3 heterocycles. The predicted octanol–water partition coefficient (Wildman–Crippen LogP) is -1.68. The average molecular weight is 1490 g/mol. The zero-order valence-electron chi connectivity index (χ0n) is 58.9. The monoisotopic (exact) mass is 1490 g/mol. The molecule has 2 aromatic rings. The molecular formula is C66H103N17O16SZn. The summed E-state index contributed by atoms with van der Waals surface area (Å²) in [6.07, 6.45) is 0.386. The fourth-order valence-corrected chi connectivity index (χ4v) is 12.0. The van der Waals surface area contributed by atoms with Crippen molar-refractivity contribution >= 4 is 99.6 Å². The number of benzene rings is 1. The molecule has 101 heavy (non-hydrogen) atoms. The van der Waals surface area contributed by atoms with E-state index in [1.807, 2.05) is 27.7 Å². The van der Waals surface area contributed by atoms with Crippen LogP contribution >= 0.6 is 11.8 Å². The summed E-state index contributed by atoms with van der Waals surface area (Å²) in [6.45, 7) is 14.2. The minimum Gasteiger partial charge on any atom is -0.481 e. The third-order valence-electron chi connectivity index (χ3n) is 17.5. The van der Waals surface area contributed by atoms with E-state index in [9.17, 15) is 77.3 Å². The number of aromatic amines is 1. The fraction of sp³-hybridized carbons (Fsp3) is 0.636. The number of nitrogens with zero attached hydrogens (tertiary/aromatic N) is 2. The Kier molecular flexibility index (Phi) is 37.9. The van der Waals surface area contributed by atoms with Crippen LogP contribution < -0.4 is 75.7 Å². The van der Waals surface area contributed by atoms with Gasteiger partial charge in [0.05, 0.1) is 36.8 Å². The number of carboxylic acid groups (broad SMARTS) is 2. The number of carbonyl (C=O) groups is 14. The summed E-state index contributed by atoms with van der Waals surface area (Å²) in [5, 5.41) is 48.4. The van der Waals surface area contributed by atoms with Crippen LogP contribution in [0.1, 0.15) is 150 Å². The van der Waals surface area contributed by atoms with Crippen LogP contribution in [0.15, 0.2) is 47.8 Å². The fourth-order valence-electron chi connectivity index (χ4n) is 10.9. The van der Waals surface area contributed by atoms with Crippen molar-refractivity contribution in [2.75, 3.05) is 19.6 Å². The van der Waals surface area contributed by atoms with E-state index < -0.39 is 192 Å². The van der Waals surface area contributed by atoms with Crippen LogP contribution in [0.25, 0.3) is 0 Å². The number of carboxylic acids is 2. The van der Waals surface area contributed by atoms with Crippen molar-refractivity contribution in [2.24, 2.45) is 45.9 Å². The van der Waals surface area contributed by atoms with E-state index >= 15 is 0 Å². The molecule has 556 valence electrons. The zero-order valence-corrected chi connectivity index (χ0v) is 62.6. The van der Waals surface area contributed by atoms with Crippen molar-refractivity contribution < 1.29 is 96.8 Å². The van der Waals surface area contributed by atoms with Crippen molar-refractivity contribution in [2.45, 2.75) is 223 Å². The van der Waals surface area contributed by atoms with Gasteiger partial charge in [0.1, 0.15) is 65.7 Å². The second-order valence-corrected chi connectivity index (χ2v) is 27.2. The Bertz CT molecular complexity index is 3170. The quantitative estimate of drug-likeness (QED) is 0.0375. The Morgan fingerprint density at radius 3 is 1.84 bits per heavy atom. The van der Waals surface area contributed by atoms with Crippen molar-refractivity contribution in [1.82, 2.24) is 68.5 Å². The molecule has 1 saturated heterocycles. The van der Waals surface area contributed by atoms with Gasteiger partial charge in [-0.2, -0.15) is 0 Å². The zero-order chi connectivity index (χ0) is 74.3. The van der Waals surface area contributed by atoms with Crippen molar-refractivity contribution in [3.8, 4) is 0 Å². The average Bonchev–Trinajstić information content (AvgIpc) is 1.74. The summed E-state index contributed by atoms with van der Waals surface area (Å²) < 4.78 is 0. The molecular weight excluding hydrogens is 1380 g/mol. The number of rotatable bonds is 31. The van der Waals surface area contributed by atoms with Gasteiger partial charge in [-0.25, -0.2) is 4.98 Å². The molecule has 35 heteroatoms. The number of nitrogens with one attached hydrogen (secondary N) is 12. The van der Waals surface area contributed by atoms with Crippen LogP contribution in [0, 0.1) is 23.7 Å². The number of primary amides is 1. The minimum atomic E-state index is -1.94. The first-order chi connectivity index (χ1) is 47.4. The topological polar surface area (TPSA) is 531 Å². The summed E-state index contributed by atoms with van der Waals surface area (Å²) in [7, 11) is 0. The molecule has 0 radical (unpaired) electrons. The molecule has 20 N–H and O–H groups in total. The van der Waals surface area contributed by atoms with Gasteiger partial charge in [-0.1, -0.05) is 117 Å². The molecule has 0 spiro atoms. The van der Waals surface area contributed by atoms with Crippen LogP contribution in [0.2, 0.25) is 0 Å². The van der Waals surface area contributed by atoms with Crippen LogP contribution in [0.3, 0.4) is 0 Å². The standard InChI is InChI=1S/C66H103N17O16S.Zn/c1-9-35(6)52(69)66-72-32-48(100-66)63(97)80-43(26-34(4)5)59(93)75-42(22-23-50(85)86)58(92)83-53(36(7)10-2)64(98)76-40-20-15-16-25-71-55(89)46(29-49(68)84)78-62(96)47(30-51(87)88)79-61(95)45(28-39-31-70-33-73-39)77-60(94)44(27-38-18-13-12-14-19-38)81-65(99)54(37(8)11-3)82-57(91)41(21-17-24-67)74-56(40)90;/h12-14,18-19,31,33-37,40-48,52-54H,9-11,15-17,20-30,32,67,69H2,1-8H3,(H2,68,84)(H,70,73)(H,71,89)(H,74,90)(H,75,93)(H,76,98)(H,77,94)(H,78,96)(H,79,95)(H,80,97)(H,81,99)(H,82,91)(H,83,92)(H,85,86)(H,87,88);/t35-,36+,37+,40-,41+,42+,43-,44-,45-,46-,47+,48?,52-,53-,54-;/m0./s1. The van der Waals surface area contributed by atoms with Gasteiger partial charge in [0, 0.05) is 57.2 Å². The maximum Gasteiger partial charge on any atom is 0.305 e. The molecule has 1 aromatic carbocycles. The molecule has 15 atom stereocenters. The largest absolute Gasteiger partial charge is 0.481 e. The van der Waals surface area contributed by atoms with E-state index in [4.69, 9.17) is 17.2 Å². The molecule has 12 amide bonds. The molecule has 0 saturated carbocycles. The third kappa shape index (κ3) is 29.2. The molecule has 0 aliphatic carbocycles. The van der Waals surface area contributed by atoms with E-state index in [1.165, 1.54) is 24.3 Å². The summed E-state index contributed by atoms with van der Waals surface area (Å²) in [4.78, 5) is 207. The molecule has 1 aromatic heterocycles. The van der Waals surface area contributed by atoms with Gasteiger partial charge in [0.15, 0.2) is 0 Å². The first-order valence-electron chi connectivity index (χ1n) is 34.1. The molecule has 1 fully saturated rings. The van der Waals surface area contributed by atoms with Gasteiger partial charge < -0.3 is 90.9 Å². The summed E-state index contributed by atoms with van der Waals surface area (Å²) >= 11 is 1.20. The smallest absolute Gasteiger partial charge is 0.305 e. The Balaban J connectivity index is 0.0000265. The minimum absolute atomic E-state index is 0. The van der Waals surface area contributed by atoms with E-state index in [2.05, 4.69) is 73.4 Å². The van der Waals surface area contributed by atoms with E-state index in [0.29, 0.717) is 16.3 Å². The number of aromatic nitrogens is 2. The van der Waals surface area contributed by atoms with Gasteiger partial charge in [-0.3, -0.25) is 72.1 Å². The number of amides is 12. The van der Waals surface area contributed by atoms with Gasteiger partial charge in [0.25, 0.3) is 0 Å². The molecule has 1 unspecified atom stereocenters. The number of H-pyrrole nitrogens is 1. The number of hydrogen-bond donors (Lipinski definition) is 17. The number of imidazole rings is 1. The van der Waals surface area contributed by atoms with Crippen LogP contribution in [0.5, 0.6) is 0 Å². The maximum absolute atomic E-state index is 14.9. The third-order valence-corrected chi connectivity index (χ3v) is 18.8. The van der Waals surface area contributed by atoms with Gasteiger partial charge in [-0.05, 0) is 80.7 Å². The van der Waals surface area contributed by atoms with E-state index in [1.54, 1.807) is 58.0 Å². The summed E-state index contributed by atoms with van der Waals surface area (Å²) in [6, 6.07) is -7.45. The second-order valence-electron chi connectivity index (χ2n) is 25.9. The van der Waals surface area contributed by atoms with Crippen LogP contribution in [-0.4, -0.2) is 199 Å². The Hall–Kier alpha value is -8.43. The van der Waals surface area contributed by atoms with E-state index in [0.717, 1.165) is 6.42 Å². The first kappa shape index (κ1) is 86.8. The summed E-state index contributed by atoms with van der Waals surface area (Å²) in [5.74, 6) is -15.6. The number of aliphatic imine (C=N–C) groups is 1. The van der Waals surface area contributed by atoms with Crippen LogP contribution in [0.4, 0.5) is 0 Å². The van der Waals surface area contributed by atoms with Crippen LogP contribution in [-0.2, 0) is 99.4 Å². The van der Waals surface area contributed by atoms with Gasteiger partial charge in [0.2, 0.25) is 70.9 Å². The summed E-state index contributed by atoms with van der Waals surface area (Å²) in [5.41, 5.74) is 18.7. The predicted molar refractivity (Wildman–Crippen MR) is 369 cm³/mol. The number of hydrogen-bond acceptors (Lipinski definition) is 19. The Labute approximate surface area is 605 Å². The van der Waals surface area contributed by atoms with Crippen molar-refractivity contribution in [3.05, 3.63) is 54.1 Å². The molecule has 2 aliphatic heterocycles. The number of nitrogens with two attached hydrogens (primary N) is 3. The normalized spacial score (nSPS) is 22.9. The number of thioether (sulfide) groups is 1. The number of carbonyl (C=O) groups excluding carboxylic acids is 12. The molecule has 33 nitrogen and oxygen atoms in total. The van der Waals surface area contributed by atoms with Gasteiger partial charge >= 0.3 is 11.9 Å². The maximum atomic E-state index is 14.9. The SMILES string of the molecule is CC[C@@H](C)[C@@H]1NC(=O)[C@@H](CCCN)NC(=O)[C@@H](NC(=O)[C@@H](NC(=O)[C@@H](CCC(=O)O)NC(=O)[C@H](CC(C)C)NC(=O)C2CN=C([C@@H](N)[C@@H](C)CC)S2)[C@H](C)CC)CCCCNC(=O)[C@H](CC(N)=O)NC(=O)[C@@H](CC(=O)O)NC(=O)[C@H](Cc2cnc[nH]2)NC(=O)[C@H](Cc2ccccc2)NC1=O.[Zn]. The van der Waals surface area contributed by atoms with E-state index in [-0.39, 0.29) is 115 Å². The Morgan fingerprint density at radius 2 is 1.26 bits per heavy atom. The van der Waals surface area contributed by atoms with Crippen molar-refractivity contribution in [3.63, 3.8) is 0 Å². The molecule has 0 bridgehead atoms. The second kappa shape index (κ2) is 44.1. The van der Waals surface area contributed by atoms with Gasteiger partial charge in [-0.15, -0.1) is 0 Å².